The maximum atomic E-state index is 12.3. The SMILES string of the molecule is CNCCCNC(=O)N1C(C(=O)O)CC2CCCCC21. The molecule has 6 nitrogen and oxygen atoms in total. The van der Waals surface area contributed by atoms with Gasteiger partial charge in [-0.15, -0.1) is 0 Å². The van der Waals surface area contributed by atoms with Crippen LogP contribution in [0.5, 0.6) is 0 Å². The molecule has 2 rings (SSSR count). The highest BCUT2D eigenvalue weighted by Gasteiger charge is 2.47. The molecule has 1 aliphatic heterocycles. The molecule has 1 saturated heterocycles. The summed E-state index contributed by atoms with van der Waals surface area (Å²) in [4.78, 5) is 25.3. The van der Waals surface area contributed by atoms with Crippen molar-refractivity contribution < 1.29 is 14.7 Å². The summed E-state index contributed by atoms with van der Waals surface area (Å²) in [5.74, 6) is -0.502. The van der Waals surface area contributed by atoms with Gasteiger partial charge >= 0.3 is 12.0 Å². The Bertz CT molecular complexity index is 362. The van der Waals surface area contributed by atoms with E-state index in [1.165, 1.54) is 0 Å². The van der Waals surface area contributed by atoms with E-state index >= 15 is 0 Å². The molecule has 0 aromatic rings. The number of nitrogens with zero attached hydrogens (tertiary/aromatic N) is 1. The minimum atomic E-state index is -0.871. The number of carboxylic acids is 1. The number of amides is 2. The lowest BCUT2D eigenvalue weighted by molar-refractivity contribution is -0.141. The van der Waals surface area contributed by atoms with Crippen molar-refractivity contribution in [3.05, 3.63) is 0 Å². The molecule has 1 aliphatic carbocycles. The average molecular weight is 283 g/mol. The van der Waals surface area contributed by atoms with Crippen LogP contribution in [-0.2, 0) is 4.79 Å². The topological polar surface area (TPSA) is 81.7 Å². The number of carbonyl (C=O) groups is 2. The molecule has 3 N–H and O–H groups in total. The second-order valence-corrected chi connectivity index (χ2v) is 5.80. The largest absolute Gasteiger partial charge is 0.480 e. The van der Waals surface area contributed by atoms with Crippen molar-refractivity contribution in [1.29, 1.82) is 0 Å². The van der Waals surface area contributed by atoms with Gasteiger partial charge < -0.3 is 20.6 Å². The third kappa shape index (κ3) is 3.23. The van der Waals surface area contributed by atoms with E-state index in [0.717, 1.165) is 38.6 Å². The first kappa shape index (κ1) is 15.1. The number of urea groups is 1. The summed E-state index contributed by atoms with van der Waals surface area (Å²) in [6.45, 7) is 1.43. The predicted octanol–water partition coefficient (Wildman–Crippen LogP) is 1.02. The van der Waals surface area contributed by atoms with Gasteiger partial charge in [0.15, 0.2) is 0 Å². The van der Waals surface area contributed by atoms with E-state index in [1.807, 2.05) is 7.05 Å². The maximum Gasteiger partial charge on any atom is 0.326 e. The van der Waals surface area contributed by atoms with Gasteiger partial charge in [-0.05, 0) is 45.2 Å². The number of likely N-dealkylation sites (tertiary alicyclic amines) is 1. The van der Waals surface area contributed by atoms with E-state index < -0.39 is 12.0 Å². The van der Waals surface area contributed by atoms with Gasteiger partial charge in [0.05, 0.1) is 0 Å². The van der Waals surface area contributed by atoms with Gasteiger partial charge in [0.25, 0.3) is 0 Å². The highest BCUT2D eigenvalue weighted by molar-refractivity contribution is 5.83. The number of hydrogen-bond acceptors (Lipinski definition) is 3. The maximum absolute atomic E-state index is 12.3. The quantitative estimate of drug-likeness (QED) is 0.658. The van der Waals surface area contributed by atoms with Crippen molar-refractivity contribution in [2.75, 3.05) is 20.1 Å². The summed E-state index contributed by atoms with van der Waals surface area (Å²) in [5, 5.41) is 15.2. The number of rotatable bonds is 5. The van der Waals surface area contributed by atoms with Crippen LogP contribution >= 0.6 is 0 Å². The van der Waals surface area contributed by atoms with E-state index in [2.05, 4.69) is 10.6 Å². The van der Waals surface area contributed by atoms with Crippen molar-refractivity contribution >= 4 is 12.0 Å². The molecule has 2 fully saturated rings. The van der Waals surface area contributed by atoms with Crippen LogP contribution < -0.4 is 10.6 Å². The average Bonchev–Trinajstić information content (AvgIpc) is 2.83. The van der Waals surface area contributed by atoms with Gasteiger partial charge in [-0.25, -0.2) is 9.59 Å². The number of carboxylic acid groups (broad SMARTS) is 1. The second kappa shape index (κ2) is 6.92. The van der Waals surface area contributed by atoms with Crippen molar-refractivity contribution in [2.24, 2.45) is 5.92 Å². The van der Waals surface area contributed by atoms with Gasteiger partial charge in [0.1, 0.15) is 6.04 Å². The zero-order valence-electron chi connectivity index (χ0n) is 12.1. The zero-order valence-corrected chi connectivity index (χ0v) is 12.1. The van der Waals surface area contributed by atoms with E-state index in [4.69, 9.17) is 0 Å². The minimum Gasteiger partial charge on any atom is -0.480 e. The third-order valence-electron chi connectivity index (χ3n) is 4.49. The lowest BCUT2D eigenvalue weighted by Gasteiger charge is -2.33. The molecule has 1 saturated carbocycles. The lowest BCUT2D eigenvalue weighted by atomic mass is 9.85. The van der Waals surface area contributed by atoms with Crippen molar-refractivity contribution in [1.82, 2.24) is 15.5 Å². The summed E-state index contributed by atoms with van der Waals surface area (Å²) < 4.78 is 0. The Labute approximate surface area is 119 Å². The normalized spacial score (nSPS) is 29.1. The monoisotopic (exact) mass is 283 g/mol. The summed E-state index contributed by atoms with van der Waals surface area (Å²) in [7, 11) is 1.87. The molecule has 114 valence electrons. The second-order valence-electron chi connectivity index (χ2n) is 5.80. The van der Waals surface area contributed by atoms with E-state index in [9.17, 15) is 14.7 Å². The third-order valence-corrected chi connectivity index (χ3v) is 4.49. The molecule has 0 aromatic heterocycles. The van der Waals surface area contributed by atoms with Crippen LogP contribution in [0, 0.1) is 5.92 Å². The molecule has 6 heteroatoms. The first-order valence-electron chi connectivity index (χ1n) is 7.58. The van der Waals surface area contributed by atoms with Crippen molar-refractivity contribution in [3.8, 4) is 0 Å². The molecule has 0 aromatic carbocycles. The molecule has 3 atom stereocenters. The fourth-order valence-corrected chi connectivity index (χ4v) is 3.52. The van der Waals surface area contributed by atoms with Gasteiger partial charge in [-0.3, -0.25) is 0 Å². The number of fused-ring (bicyclic) bond motifs is 1. The van der Waals surface area contributed by atoms with Crippen molar-refractivity contribution in [2.45, 2.75) is 50.6 Å². The van der Waals surface area contributed by atoms with Gasteiger partial charge in [0, 0.05) is 12.6 Å². The Hall–Kier alpha value is -1.30. The molecule has 2 amide bonds. The van der Waals surface area contributed by atoms with Crippen LogP contribution in [0.3, 0.4) is 0 Å². The Kier molecular flexibility index (Phi) is 5.23. The van der Waals surface area contributed by atoms with Crippen LogP contribution in [0.25, 0.3) is 0 Å². The molecular formula is C14H25N3O3. The Morgan fingerprint density at radius 3 is 2.70 bits per heavy atom. The summed E-state index contributed by atoms with van der Waals surface area (Å²) in [5.41, 5.74) is 0. The standard InChI is InChI=1S/C14H25N3O3/c1-15-7-4-8-16-14(20)17-11-6-3-2-5-10(11)9-12(17)13(18)19/h10-12,15H,2-9H2,1H3,(H,16,20)(H,18,19). The number of hydrogen-bond donors (Lipinski definition) is 3. The van der Waals surface area contributed by atoms with Gasteiger partial charge in [-0.2, -0.15) is 0 Å². The zero-order chi connectivity index (χ0) is 14.5. The first-order chi connectivity index (χ1) is 9.65. The predicted molar refractivity (Wildman–Crippen MR) is 75.6 cm³/mol. The highest BCUT2D eigenvalue weighted by atomic mass is 16.4. The molecular weight excluding hydrogens is 258 g/mol. The van der Waals surface area contributed by atoms with Crippen LogP contribution in [0.2, 0.25) is 0 Å². The van der Waals surface area contributed by atoms with Gasteiger partial charge in [-0.1, -0.05) is 12.8 Å². The summed E-state index contributed by atoms with van der Waals surface area (Å²) in [6.07, 6.45) is 5.71. The molecule has 0 spiro atoms. The van der Waals surface area contributed by atoms with Crippen LogP contribution in [0.1, 0.15) is 38.5 Å². The smallest absolute Gasteiger partial charge is 0.326 e. The molecule has 0 radical (unpaired) electrons. The summed E-state index contributed by atoms with van der Waals surface area (Å²) in [6, 6.07) is -0.732. The Balaban J connectivity index is 1.97. The molecule has 20 heavy (non-hydrogen) atoms. The Morgan fingerprint density at radius 1 is 1.25 bits per heavy atom. The molecule has 1 heterocycles. The van der Waals surface area contributed by atoms with E-state index in [-0.39, 0.29) is 12.1 Å². The number of carbonyl (C=O) groups excluding carboxylic acids is 1. The summed E-state index contributed by atoms with van der Waals surface area (Å²) >= 11 is 0. The fourth-order valence-electron chi connectivity index (χ4n) is 3.52. The molecule has 0 bridgehead atoms. The highest BCUT2D eigenvalue weighted by Crippen LogP contribution is 2.39. The van der Waals surface area contributed by atoms with Crippen LogP contribution in [0.15, 0.2) is 0 Å². The van der Waals surface area contributed by atoms with Crippen LogP contribution in [-0.4, -0.2) is 54.2 Å². The fraction of sp³-hybridized carbons (Fsp3) is 0.857. The van der Waals surface area contributed by atoms with Crippen molar-refractivity contribution in [3.63, 3.8) is 0 Å². The Morgan fingerprint density at radius 2 is 2.00 bits per heavy atom. The molecule has 3 unspecified atom stereocenters. The van der Waals surface area contributed by atoms with Crippen LogP contribution in [0.4, 0.5) is 4.79 Å². The van der Waals surface area contributed by atoms with E-state index in [1.54, 1.807) is 4.90 Å². The molecule has 2 aliphatic rings. The number of aliphatic carboxylic acids is 1. The number of nitrogens with one attached hydrogen (secondary N) is 2. The lowest BCUT2D eigenvalue weighted by Crippen LogP contribution is -2.51. The van der Waals surface area contributed by atoms with Gasteiger partial charge in [0.2, 0.25) is 0 Å². The minimum absolute atomic E-state index is 0.120. The first-order valence-corrected chi connectivity index (χ1v) is 7.58. The van der Waals surface area contributed by atoms with E-state index in [0.29, 0.717) is 18.9 Å².